The van der Waals surface area contributed by atoms with Crippen LogP contribution in [0.1, 0.15) is 5.76 Å². The number of aromatic amines is 1. The highest BCUT2D eigenvalue weighted by molar-refractivity contribution is 5.82. The number of hydrogen-bond acceptors (Lipinski definition) is 7. The van der Waals surface area contributed by atoms with E-state index < -0.39 is 11.2 Å². The van der Waals surface area contributed by atoms with Crippen LogP contribution < -0.4 is 10.2 Å². The Morgan fingerprint density at radius 1 is 1.07 bits per heavy atom. The average molecular weight is 406 g/mol. The Bertz CT molecular complexity index is 1310. The second kappa shape index (κ2) is 7.32. The van der Waals surface area contributed by atoms with Crippen LogP contribution in [0, 0.1) is 6.92 Å². The molecule has 30 heavy (non-hydrogen) atoms. The van der Waals surface area contributed by atoms with Gasteiger partial charge < -0.3 is 29.5 Å². The summed E-state index contributed by atoms with van der Waals surface area (Å²) in [5, 5.41) is 30.2. The fraction of sp³-hybridized carbons (Fsp3) is 0.0909. The monoisotopic (exact) mass is 406 g/mol. The van der Waals surface area contributed by atoms with Crippen molar-refractivity contribution in [3.05, 3.63) is 64.5 Å². The number of nitrogens with one attached hydrogen (secondary N) is 1. The molecule has 8 nitrogen and oxygen atoms in total. The van der Waals surface area contributed by atoms with Crippen molar-refractivity contribution < 1.29 is 24.5 Å². The summed E-state index contributed by atoms with van der Waals surface area (Å²) in [6.07, 6.45) is 0. The molecule has 0 atom stereocenters. The quantitative estimate of drug-likeness (QED) is 0.406. The number of methoxy groups -OCH3 is 1. The molecule has 0 aliphatic rings. The molecule has 0 amide bonds. The van der Waals surface area contributed by atoms with Gasteiger partial charge in [0.2, 0.25) is 11.2 Å². The lowest BCUT2D eigenvalue weighted by Gasteiger charge is -2.06. The van der Waals surface area contributed by atoms with Crippen LogP contribution in [0.2, 0.25) is 0 Å². The number of nitrogens with zero attached hydrogens (tertiary/aromatic N) is 1. The summed E-state index contributed by atoms with van der Waals surface area (Å²) in [5.74, 6) is 0.229. The van der Waals surface area contributed by atoms with Crippen molar-refractivity contribution >= 4 is 0 Å². The number of hydrogen-bond donors (Lipinski definition) is 4. The van der Waals surface area contributed by atoms with Gasteiger partial charge in [-0.05, 0) is 31.2 Å². The van der Waals surface area contributed by atoms with Gasteiger partial charge in [0.05, 0.1) is 12.7 Å². The first-order valence-electron chi connectivity index (χ1n) is 8.98. The molecular formula is C22H18N2O6. The average Bonchev–Trinajstić information content (AvgIpc) is 3.15. The van der Waals surface area contributed by atoms with Gasteiger partial charge >= 0.3 is 0 Å². The van der Waals surface area contributed by atoms with E-state index in [2.05, 4.69) is 9.97 Å². The van der Waals surface area contributed by atoms with Crippen molar-refractivity contribution in [3.63, 3.8) is 0 Å². The molecule has 0 aliphatic carbocycles. The van der Waals surface area contributed by atoms with E-state index >= 15 is 0 Å². The van der Waals surface area contributed by atoms with E-state index in [0.29, 0.717) is 28.3 Å². The standard InChI is InChI=1S/C22H18N2O6/c1-11-8-17(27)20(28)21(30-11)19-18(12-4-3-5-14(9-12)29-2)23-22(24-19)15-7-6-13(25)10-16(15)26/h3-10,25-26,28H,1-2H3,(H,23,24). The van der Waals surface area contributed by atoms with E-state index in [0.717, 1.165) is 0 Å². The Hall–Kier alpha value is -4.20. The number of benzene rings is 2. The maximum atomic E-state index is 12.1. The first-order valence-corrected chi connectivity index (χ1v) is 8.98. The molecule has 0 aliphatic heterocycles. The zero-order valence-electron chi connectivity index (χ0n) is 16.1. The molecule has 2 aromatic heterocycles. The molecule has 0 spiro atoms. The number of aromatic nitrogens is 2. The zero-order chi connectivity index (χ0) is 21.4. The third kappa shape index (κ3) is 3.35. The van der Waals surface area contributed by atoms with Gasteiger partial charge in [-0.2, -0.15) is 0 Å². The predicted molar refractivity (Wildman–Crippen MR) is 110 cm³/mol. The van der Waals surface area contributed by atoms with Crippen molar-refractivity contribution in [2.75, 3.05) is 7.11 Å². The van der Waals surface area contributed by atoms with Gasteiger partial charge in [0.25, 0.3) is 0 Å². The molecule has 4 aromatic rings. The third-order valence-electron chi connectivity index (χ3n) is 4.56. The summed E-state index contributed by atoms with van der Waals surface area (Å²) in [5.41, 5.74) is 0.991. The van der Waals surface area contributed by atoms with Crippen LogP contribution in [0.25, 0.3) is 34.1 Å². The molecule has 2 heterocycles. The highest BCUT2D eigenvalue weighted by Gasteiger charge is 2.23. The van der Waals surface area contributed by atoms with E-state index in [4.69, 9.17) is 9.15 Å². The van der Waals surface area contributed by atoms with Crippen LogP contribution in [-0.2, 0) is 0 Å². The summed E-state index contributed by atoms with van der Waals surface area (Å²) < 4.78 is 10.9. The lowest BCUT2D eigenvalue weighted by Crippen LogP contribution is -2.01. The molecule has 0 bridgehead atoms. The highest BCUT2D eigenvalue weighted by atomic mass is 16.5. The molecule has 8 heteroatoms. The van der Waals surface area contributed by atoms with Crippen LogP contribution in [-0.4, -0.2) is 32.4 Å². The first-order chi connectivity index (χ1) is 14.4. The zero-order valence-corrected chi connectivity index (χ0v) is 16.1. The number of rotatable bonds is 4. The van der Waals surface area contributed by atoms with Gasteiger partial charge in [-0.3, -0.25) is 4.79 Å². The van der Waals surface area contributed by atoms with E-state index in [9.17, 15) is 20.1 Å². The third-order valence-corrected chi connectivity index (χ3v) is 4.56. The van der Waals surface area contributed by atoms with Crippen LogP contribution in [0.15, 0.2) is 57.7 Å². The molecule has 0 radical (unpaired) electrons. The number of phenols is 2. The Morgan fingerprint density at radius 2 is 1.87 bits per heavy atom. The predicted octanol–water partition coefficient (Wildman–Crippen LogP) is 3.80. The van der Waals surface area contributed by atoms with Crippen molar-refractivity contribution in [3.8, 4) is 57.1 Å². The van der Waals surface area contributed by atoms with Crippen LogP contribution in [0.3, 0.4) is 0 Å². The number of aryl methyl sites for hydroxylation is 1. The molecule has 152 valence electrons. The molecule has 0 unspecified atom stereocenters. The summed E-state index contributed by atoms with van der Waals surface area (Å²) >= 11 is 0. The van der Waals surface area contributed by atoms with Gasteiger partial charge in [-0.1, -0.05) is 12.1 Å². The largest absolute Gasteiger partial charge is 0.508 e. The summed E-state index contributed by atoms with van der Waals surface area (Å²) in [7, 11) is 1.54. The van der Waals surface area contributed by atoms with Gasteiger partial charge in [-0.25, -0.2) is 4.98 Å². The van der Waals surface area contributed by atoms with Gasteiger partial charge in [0.1, 0.15) is 40.2 Å². The maximum Gasteiger partial charge on any atom is 0.227 e. The lowest BCUT2D eigenvalue weighted by atomic mass is 10.1. The van der Waals surface area contributed by atoms with E-state index in [-0.39, 0.29) is 28.8 Å². The number of imidazole rings is 1. The van der Waals surface area contributed by atoms with Crippen molar-refractivity contribution in [1.29, 1.82) is 0 Å². The van der Waals surface area contributed by atoms with Crippen LogP contribution >= 0.6 is 0 Å². The maximum absolute atomic E-state index is 12.1. The van der Waals surface area contributed by atoms with E-state index in [1.165, 1.54) is 31.4 Å². The second-order valence-electron chi connectivity index (χ2n) is 6.64. The molecule has 0 fully saturated rings. The SMILES string of the molecule is COc1cccc(-c2nc(-c3ccc(O)cc3O)[nH]c2-c2oc(C)cc(=O)c2O)c1. The Kier molecular flexibility index (Phi) is 4.67. The number of aromatic hydroxyl groups is 3. The number of ether oxygens (including phenoxy) is 1. The molecular weight excluding hydrogens is 388 g/mol. The minimum atomic E-state index is -0.589. The van der Waals surface area contributed by atoms with Crippen molar-refractivity contribution in [2.24, 2.45) is 0 Å². The van der Waals surface area contributed by atoms with E-state index in [1.54, 1.807) is 31.2 Å². The fourth-order valence-electron chi connectivity index (χ4n) is 3.14. The summed E-state index contributed by atoms with van der Waals surface area (Å²) in [6, 6.07) is 12.4. The normalized spacial score (nSPS) is 10.9. The summed E-state index contributed by atoms with van der Waals surface area (Å²) in [4.78, 5) is 19.7. The Labute approximate surface area is 170 Å². The van der Waals surface area contributed by atoms with Gasteiger partial charge in [0, 0.05) is 17.7 Å². The minimum absolute atomic E-state index is 0.0742. The summed E-state index contributed by atoms with van der Waals surface area (Å²) in [6.45, 7) is 1.60. The van der Waals surface area contributed by atoms with Crippen molar-refractivity contribution in [2.45, 2.75) is 6.92 Å². The Balaban J connectivity index is 2.00. The topological polar surface area (TPSA) is 129 Å². The molecule has 4 rings (SSSR count). The first kappa shape index (κ1) is 19.1. The number of H-pyrrole nitrogens is 1. The highest BCUT2D eigenvalue weighted by Crippen LogP contribution is 2.39. The van der Waals surface area contributed by atoms with Gasteiger partial charge in [0.15, 0.2) is 5.76 Å². The van der Waals surface area contributed by atoms with E-state index in [1.807, 2.05) is 0 Å². The van der Waals surface area contributed by atoms with Crippen LogP contribution in [0.4, 0.5) is 0 Å². The lowest BCUT2D eigenvalue weighted by molar-refractivity contribution is 0.415. The van der Waals surface area contributed by atoms with Crippen LogP contribution in [0.5, 0.6) is 23.0 Å². The van der Waals surface area contributed by atoms with Crippen molar-refractivity contribution in [1.82, 2.24) is 9.97 Å². The number of phenolic OH excluding ortho intramolecular Hbond substituents is 2. The molecule has 4 N–H and O–H groups in total. The second-order valence-corrected chi connectivity index (χ2v) is 6.64. The smallest absolute Gasteiger partial charge is 0.227 e. The molecule has 0 saturated heterocycles. The Morgan fingerprint density at radius 3 is 2.60 bits per heavy atom. The molecule has 2 aromatic carbocycles. The van der Waals surface area contributed by atoms with Gasteiger partial charge in [-0.15, -0.1) is 0 Å². The molecule has 0 saturated carbocycles. The minimum Gasteiger partial charge on any atom is -0.508 e. The fourth-order valence-corrected chi connectivity index (χ4v) is 3.14.